The number of benzene rings is 1. The lowest BCUT2D eigenvalue weighted by Crippen LogP contribution is -1.93. The summed E-state index contributed by atoms with van der Waals surface area (Å²) in [5.41, 5.74) is 2.38. The highest BCUT2D eigenvalue weighted by Crippen LogP contribution is 2.23. The molecule has 0 fully saturated rings. The van der Waals surface area contributed by atoms with Gasteiger partial charge in [-0.1, -0.05) is 103 Å². The van der Waals surface area contributed by atoms with Gasteiger partial charge in [0.2, 0.25) is 0 Å². The molecule has 0 amide bonds. The van der Waals surface area contributed by atoms with Gasteiger partial charge in [-0.25, -0.2) is 9.97 Å². The Labute approximate surface area is 196 Å². The van der Waals surface area contributed by atoms with E-state index in [1.165, 1.54) is 106 Å². The first-order valence-electron chi connectivity index (χ1n) is 12.9. The summed E-state index contributed by atoms with van der Waals surface area (Å²) in [4.78, 5) is 10.6. The lowest BCUT2D eigenvalue weighted by atomic mass is 10.1. The SMILES string of the molecule is CCCCCCCCCSc1ccc(-c2ncc(CCCCCCCCC)cn2)cc1. The summed E-state index contributed by atoms with van der Waals surface area (Å²) in [5, 5.41) is 0. The summed E-state index contributed by atoms with van der Waals surface area (Å²) in [7, 11) is 0. The summed E-state index contributed by atoms with van der Waals surface area (Å²) < 4.78 is 0. The number of hydrogen-bond donors (Lipinski definition) is 0. The van der Waals surface area contributed by atoms with Crippen molar-refractivity contribution in [3.8, 4) is 11.4 Å². The molecule has 1 aromatic carbocycles. The minimum atomic E-state index is 0.840. The highest BCUT2D eigenvalue weighted by Gasteiger charge is 2.03. The second kappa shape index (κ2) is 17.2. The molecule has 2 aromatic rings. The van der Waals surface area contributed by atoms with E-state index >= 15 is 0 Å². The molecular formula is C28H44N2S. The maximum absolute atomic E-state index is 4.62. The molecule has 0 atom stereocenters. The van der Waals surface area contributed by atoms with E-state index in [4.69, 9.17) is 0 Å². The van der Waals surface area contributed by atoms with E-state index in [0.29, 0.717) is 0 Å². The molecule has 2 rings (SSSR count). The lowest BCUT2D eigenvalue weighted by molar-refractivity contribution is 0.589. The number of aryl methyl sites for hydroxylation is 1. The monoisotopic (exact) mass is 440 g/mol. The fourth-order valence-corrected chi connectivity index (χ4v) is 4.78. The number of nitrogens with zero attached hydrogens (tertiary/aromatic N) is 2. The van der Waals surface area contributed by atoms with Crippen molar-refractivity contribution in [3.63, 3.8) is 0 Å². The second-order valence-electron chi connectivity index (χ2n) is 8.78. The molecule has 3 heteroatoms. The van der Waals surface area contributed by atoms with Crippen molar-refractivity contribution in [3.05, 3.63) is 42.2 Å². The van der Waals surface area contributed by atoms with Gasteiger partial charge in [-0.05, 0) is 42.7 Å². The van der Waals surface area contributed by atoms with Gasteiger partial charge in [0, 0.05) is 22.9 Å². The fourth-order valence-electron chi connectivity index (χ4n) is 3.87. The van der Waals surface area contributed by atoms with E-state index < -0.39 is 0 Å². The van der Waals surface area contributed by atoms with Gasteiger partial charge >= 0.3 is 0 Å². The molecule has 0 saturated carbocycles. The predicted octanol–water partition coefficient (Wildman–Crippen LogP) is 9.28. The third-order valence-electron chi connectivity index (χ3n) is 5.90. The second-order valence-corrected chi connectivity index (χ2v) is 9.95. The fraction of sp³-hybridized carbons (Fsp3) is 0.643. The van der Waals surface area contributed by atoms with Crippen molar-refractivity contribution in [1.29, 1.82) is 0 Å². The average molecular weight is 441 g/mol. The normalized spacial score (nSPS) is 11.2. The number of hydrogen-bond acceptors (Lipinski definition) is 3. The van der Waals surface area contributed by atoms with Crippen LogP contribution >= 0.6 is 11.8 Å². The highest BCUT2D eigenvalue weighted by atomic mass is 32.2. The Balaban J connectivity index is 1.63. The lowest BCUT2D eigenvalue weighted by Gasteiger charge is -2.05. The van der Waals surface area contributed by atoms with Crippen molar-refractivity contribution in [2.75, 3.05) is 5.75 Å². The van der Waals surface area contributed by atoms with Crippen LogP contribution in [0.2, 0.25) is 0 Å². The molecule has 0 radical (unpaired) electrons. The topological polar surface area (TPSA) is 25.8 Å². The van der Waals surface area contributed by atoms with Gasteiger partial charge in [-0.2, -0.15) is 0 Å². The molecule has 0 aliphatic heterocycles. The summed E-state index contributed by atoms with van der Waals surface area (Å²) in [6.07, 6.45) is 24.2. The van der Waals surface area contributed by atoms with Crippen molar-refractivity contribution >= 4 is 11.8 Å². The minimum absolute atomic E-state index is 0.840. The number of aromatic nitrogens is 2. The van der Waals surface area contributed by atoms with Crippen molar-refractivity contribution in [2.24, 2.45) is 0 Å². The van der Waals surface area contributed by atoms with E-state index in [0.717, 1.165) is 17.8 Å². The van der Waals surface area contributed by atoms with E-state index in [1.807, 2.05) is 24.2 Å². The van der Waals surface area contributed by atoms with Crippen LogP contribution in [-0.2, 0) is 6.42 Å². The third-order valence-corrected chi connectivity index (χ3v) is 7.00. The standard InChI is InChI=1S/C28H44N2S/c1-3-5-7-9-11-13-15-17-25-23-29-28(30-24-25)26-18-20-27(21-19-26)31-22-16-14-12-10-8-6-4-2/h18-21,23-24H,3-17,22H2,1-2H3. The molecule has 0 spiro atoms. The van der Waals surface area contributed by atoms with Gasteiger partial charge < -0.3 is 0 Å². The third kappa shape index (κ3) is 11.7. The number of thioether (sulfide) groups is 1. The molecule has 2 nitrogen and oxygen atoms in total. The Hall–Kier alpha value is -1.35. The summed E-state index contributed by atoms with van der Waals surface area (Å²) in [6, 6.07) is 8.77. The Morgan fingerprint density at radius 1 is 0.613 bits per heavy atom. The van der Waals surface area contributed by atoms with Gasteiger partial charge in [0.25, 0.3) is 0 Å². The maximum Gasteiger partial charge on any atom is 0.159 e. The van der Waals surface area contributed by atoms with Crippen LogP contribution in [0.1, 0.15) is 109 Å². The van der Waals surface area contributed by atoms with Gasteiger partial charge in [0.1, 0.15) is 0 Å². The zero-order valence-corrected chi connectivity index (χ0v) is 20.9. The van der Waals surface area contributed by atoms with Crippen LogP contribution in [0, 0.1) is 0 Å². The summed E-state index contributed by atoms with van der Waals surface area (Å²) in [6.45, 7) is 4.55. The van der Waals surface area contributed by atoms with Gasteiger partial charge in [0.05, 0.1) is 0 Å². The Bertz CT molecular complexity index is 666. The molecule has 0 aliphatic rings. The molecule has 0 saturated heterocycles. The zero-order chi connectivity index (χ0) is 22.0. The molecule has 0 bridgehead atoms. The van der Waals surface area contributed by atoms with Crippen molar-refractivity contribution < 1.29 is 0 Å². The van der Waals surface area contributed by atoms with Gasteiger partial charge in [-0.15, -0.1) is 11.8 Å². The molecule has 1 heterocycles. The van der Waals surface area contributed by atoms with Crippen LogP contribution in [0.3, 0.4) is 0 Å². The Kier molecular flexibility index (Phi) is 14.4. The maximum atomic E-state index is 4.62. The van der Waals surface area contributed by atoms with E-state index in [1.54, 1.807) is 0 Å². The van der Waals surface area contributed by atoms with Crippen LogP contribution in [0.25, 0.3) is 11.4 Å². The Morgan fingerprint density at radius 2 is 1.13 bits per heavy atom. The first-order chi connectivity index (χ1) is 15.3. The first kappa shape index (κ1) is 25.9. The smallest absolute Gasteiger partial charge is 0.159 e. The van der Waals surface area contributed by atoms with Crippen LogP contribution in [0.15, 0.2) is 41.6 Å². The van der Waals surface area contributed by atoms with E-state index in [2.05, 4.69) is 48.1 Å². The van der Waals surface area contributed by atoms with Crippen molar-refractivity contribution in [1.82, 2.24) is 9.97 Å². The molecule has 1 aromatic heterocycles. The quantitative estimate of drug-likeness (QED) is 0.170. The molecule has 172 valence electrons. The minimum Gasteiger partial charge on any atom is -0.236 e. The summed E-state index contributed by atoms with van der Waals surface area (Å²) >= 11 is 1.97. The van der Waals surface area contributed by atoms with E-state index in [-0.39, 0.29) is 0 Å². The van der Waals surface area contributed by atoms with Crippen LogP contribution in [-0.4, -0.2) is 15.7 Å². The average Bonchev–Trinajstić information content (AvgIpc) is 2.81. The molecule has 0 aliphatic carbocycles. The zero-order valence-electron chi connectivity index (χ0n) is 20.1. The van der Waals surface area contributed by atoms with Gasteiger partial charge in [0.15, 0.2) is 5.82 Å². The number of unbranched alkanes of at least 4 members (excludes halogenated alkanes) is 12. The van der Waals surface area contributed by atoms with Gasteiger partial charge in [-0.3, -0.25) is 0 Å². The summed E-state index contributed by atoms with van der Waals surface area (Å²) in [5.74, 6) is 2.06. The molecule has 0 unspecified atom stereocenters. The van der Waals surface area contributed by atoms with Crippen LogP contribution in [0.5, 0.6) is 0 Å². The number of rotatable bonds is 18. The van der Waals surface area contributed by atoms with Crippen LogP contribution < -0.4 is 0 Å². The predicted molar refractivity (Wildman–Crippen MR) is 138 cm³/mol. The van der Waals surface area contributed by atoms with Crippen molar-refractivity contribution in [2.45, 2.75) is 115 Å². The van der Waals surface area contributed by atoms with Crippen LogP contribution in [0.4, 0.5) is 0 Å². The molecule has 0 N–H and O–H groups in total. The Morgan fingerprint density at radius 3 is 1.71 bits per heavy atom. The molecular weight excluding hydrogens is 396 g/mol. The first-order valence-corrected chi connectivity index (χ1v) is 13.9. The molecule has 31 heavy (non-hydrogen) atoms. The highest BCUT2D eigenvalue weighted by molar-refractivity contribution is 7.99. The largest absolute Gasteiger partial charge is 0.236 e. The van der Waals surface area contributed by atoms with E-state index in [9.17, 15) is 0 Å².